The predicted molar refractivity (Wildman–Crippen MR) is 139 cm³/mol. The summed E-state index contributed by atoms with van der Waals surface area (Å²) in [5.41, 5.74) is 4.91. The van der Waals surface area contributed by atoms with Gasteiger partial charge < -0.3 is 14.5 Å². The normalized spacial score (nSPS) is 21.9. The summed E-state index contributed by atoms with van der Waals surface area (Å²) in [5.74, 6) is 1.54. The number of amides is 1. The summed E-state index contributed by atoms with van der Waals surface area (Å²) < 4.78 is 5.66. The van der Waals surface area contributed by atoms with Gasteiger partial charge in [-0.3, -0.25) is 9.69 Å². The average Bonchev–Trinajstić information content (AvgIpc) is 2.89. The van der Waals surface area contributed by atoms with Crippen molar-refractivity contribution in [2.24, 2.45) is 5.92 Å². The Labute approximate surface area is 204 Å². The second-order valence-corrected chi connectivity index (χ2v) is 10.3. The van der Waals surface area contributed by atoms with Crippen molar-refractivity contribution in [1.29, 1.82) is 0 Å². The zero-order chi connectivity index (χ0) is 23.5. The minimum absolute atomic E-state index is 0.202. The number of anilines is 2. The first-order chi connectivity index (χ1) is 16.6. The fraction of sp³-hybridized carbons (Fsp3) is 0.552. The molecule has 0 bridgehead atoms. The van der Waals surface area contributed by atoms with Gasteiger partial charge in [-0.15, -0.1) is 0 Å². The number of piperazine rings is 1. The lowest BCUT2D eigenvalue weighted by Gasteiger charge is -2.44. The standard InChI is InChI=1S/C29H39N3O2/c1-22-12-15-27(28(20-22)34-2)31-18-16-30(17-19-31)21-25-14-13-23-8-6-7-11-26(23)32(25)29(33)24-9-4-3-5-10-24/h6-8,11-12,15,20,24-25H,3-5,9-10,13-14,16-19,21H2,1-2H3. The van der Waals surface area contributed by atoms with E-state index in [4.69, 9.17) is 4.74 Å². The van der Waals surface area contributed by atoms with Gasteiger partial charge in [-0.1, -0.05) is 43.5 Å². The molecule has 0 spiro atoms. The third-order valence-corrected chi connectivity index (χ3v) is 8.07. The van der Waals surface area contributed by atoms with Crippen LogP contribution in [0.15, 0.2) is 42.5 Å². The molecule has 34 heavy (non-hydrogen) atoms. The van der Waals surface area contributed by atoms with Crippen molar-refractivity contribution >= 4 is 17.3 Å². The summed E-state index contributed by atoms with van der Waals surface area (Å²) in [7, 11) is 1.76. The molecule has 1 saturated carbocycles. The highest BCUT2D eigenvalue weighted by Gasteiger charge is 2.36. The van der Waals surface area contributed by atoms with E-state index in [0.717, 1.165) is 69.8 Å². The van der Waals surface area contributed by atoms with E-state index in [1.165, 1.54) is 36.1 Å². The molecule has 2 aromatic rings. The van der Waals surface area contributed by atoms with Gasteiger partial charge in [0.25, 0.3) is 0 Å². The number of hydrogen-bond donors (Lipinski definition) is 0. The Morgan fingerprint density at radius 2 is 1.71 bits per heavy atom. The van der Waals surface area contributed by atoms with Gasteiger partial charge in [-0.2, -0.15) is 0 Å². The van der Waals surface area contributed by atoms with Gasteiger partial charge in [-0.25, -0.2) is 0 Å². The van der Waals surface area contributed by atoms with Crippen molar-refractivity contribution in [2.45, 2.75) is 57.9 Å². The summed E-state index contributed by atoms with van der Waals surface area (Å²) in [6.45, 7) is 7.07. The minimum Gasteiger partial charge on any atom is -0.495 e. The Kier molecular flexibility index (Phi) is 7.10. The summed E-state index contributed by atoms with van der Waals surface area (Å²) in [6, 6.07) is 15.3. The predicted octanol–water partition coefficient (Wildman–Crippen LogP) is 5.05. The number of methoxy groups -OCH3 is 1. The van der Waals surface area contributed by atoms with E-state index in [0.29, 0.717) is 5.91 Å². The maximum atomic E-state index is 13.8. The first kappa shape index (κ1) is 23.2. The Morgan fingerprint density at radius 1 is 0.941 bits per heavy atom. The smallest absolute Gasteiger partial charge is 0.230 e. The van der Waals surface area contributed by atoms with Crippen molar-refractivity contribution in [2.75, 3.05) is 49.6 Å². The van der Waals surface area contributed by atoms with Gasteiger partial charge >= 0.3 is 0 Å². The van der Waals surface area contributed by atoms with Crippen LogP contribution in [0.5, 0.6) is 5.75 Å². The van der Waals surface area contributed by atoms with Crippen LogP contribution in [0.4, 0.5) is 11.4 Å². The molecular weight excluding hydrogens is 422 g/mol. The van der Waals surface area contributed by atoms with E-state index in [9.17, 15) is 4.79 Å². The van der Waals surface area contributed by atoms with Crippen molar-refractivity contribution in [1.82, 2.24) is 4.90 Å². The van der Waals surface area contributed by atoms with E-state index in [-0.39, 0.29) is 12.0 Å². The molecule has 1 aliphatic carbocycles. The lowest BCUT2D eigenvalue weighted by Crippen LogP contribution is -2.55. The number of nitrogens with zero attached hydrogens (tertiary/aromatic N) is 3. The van der Waals surface area contributed by atoms with E-state index in [1.54, 1.807) is 7.11 Å². The molecule has 1 unspecified atom stereocenters. The highest BCUT2D eigenvalue weighted by atomic mass is 16.5. The number of hydrogen-bond acceptors (Lipinski definition) is 4. The monoisotopic (exact) mass is 461 g/mol. The Morgan fingerprint density at radius 3 is 2.47 bits per heavy atom. The quantitative estimate of drug-likeness (QED) is 0.624. The first-order valence-electron chi connectivity index (χ1n) is 13.2. The van der Waals surface area contributed by atoms with Gasteiger partial charge in [0.1, 0.15) is 5.75 Å². The molecule has 2 aromatic carbocycles. The fourth-order valence-corrected chi connectivity index (χ4v) is 6.14. The number of ether oxygens (including phenoxy) is 1. The Hall–Kier alpha value is -2.53. The van der Waals surface area contributed by atoms with Crippen LogP contribution in [-0.4, -0.2) is 56.7 Å². The van der Waals surface area contributed by atoms with Gasteiger partial charge in [0.05, 0.1) is 12.8 Å². The number of rotatable bonds is 5. The number of benzene rings is 2. The molecule has 5 rings (SSSR count). The summed E-state index contributed by atoms with van der Waals surface area (Å²) in [6.07, 6.45) is 7.90. The maximum absolute atomic E-state index is 13.8. The molecule has 1 atom stereocenters. The molecule has 1 amide bonds. The Balaban J connectivity index is 1.28. The number of carbonyl (C=O) groups is 1. The zero-order valence-corrected chi connectivity index (χ0v) is 20.8. The van der Waals surface area contributed by atoms with Crippen molar-refractivity contribution in [3.8, 4) is 5.75 Å². The topological polar surface area (TPSA) is 36.0 Å². The third kappa shape index (κ3) is 4.81. The van der Waals surface area contributed by atoms with Crippen LogP contribution in [0.3, 0.4) is 0 Å². The molecule has 2 fully saturated rings. The zero-order valence-electron chi connectivity index (χ0n) is 20.8. The Bertz CT molecular complexity index is 993. The molecule has 5 heteroatoms. The number of fused-ring (bicyclic) bond motifs is 1. The van der Waals surface area contributed by atoms with Crippen LogP contribution in [-0.2, 0) is 11.2 Å². The van der Waals surface area contributed by atoms with Crippen molar-refractivity contribution < 1.29 is 9.53 Å². The van der Waals surface area contributed by atoms with Crippen LogP contribution in [0.1, 0.15) is 49.7 Å². The summed E-state index contributed by atoms with van der Waals surface area (Å²) in [5, 5.41) is 0. The van der Waals surface area contributed by atoms with E-state index in [1.807, 2.05) is 0 Å². The molecule has 5 nitrogen and oxygen atoms in total. The average molecular weight is 462 g/mol. The summed E-state index contributed by atoms with van der Waals surface area (Å²) in [4.78, 5) is 21.0. The van der Waals surface area contributed by atoms with Crippen LogP contribution in [0.2, 0.25) is 0 Å². The van der Waals surface area contributed by atoms with Crippen molar-refractivity contribution in [3.63, 3.8) is 0 Å². The van der Waals surface area contributed by atoms with E-state index < -0.39 is 0 Å². The molecule has 0 radical (unpaired) electrons. The van der Waals surface area contributed by atoms with Crippen LogP contribution < -0.4 is 14.5 Å². The van der Waals surface area contributed by atoms with Crippen LogP contribution in [0, 0.1) is 12.8 Å². The van der Waals surface area contributed by atoms with E-state index in [2.05, 4.69) is 64.1 Å². The largest absolute Gasteiger partial charge is 0.495 e. The molecule has 182 valence electrons. The lowest BCUT2D eigenvalue weighted by molar-refractivity contribution is -0.124. The lowest BCUT2D eigenvalue weighted by atomic mass is 9.86. The maximum Gasteiger partial charge on any atom is 0.230 e. The summed E-state index contributed by atoms with van der Waals surface area (Å²) >= 11 is 0. The van der Waals surface area contributed by atoms with Crippen LogP contribution >= 0.6 is 0 Å². The number of carbonyl (C=O) groups excluding carboxylic acids is 1. The molecule has 1 saturated heterocycles. The molecular formula is C29H39N3O2. The molecule has 2 heterocycles. The molecule has 2 aliphatic heterocycles. The fourth-order valence-electron chi connectivity index (χ4n) is 6.14. The minimum atomic E-state index is 0.202. The first-order valence-corrected chi connectivity index (χ1v) is 13.2. The number of aryl methyl sites for hydroxylation is 2. The van der Waals surface area contributed by atoms with Gasteiger partial charge in [0, 0.05) is 50.4 Å². The van der Waals surface area contributed by atoms with Gasteiger partial charge in [0.2, 0.25) is 5.91 Å². The van der Waals surface area contributed by atoms with Gasteiger partial charge in [-0.05, 0) is 61.9 Å². The molecule has 3 aliphatic rings. The SMILES string of the molecule is COc1cc(C)ccc1N1CCN(CC2CCc3ccccc3N2C(=O)C2CCCCC2)CC1. The van der Waals surface area contributed by atoms with Crippen LogP contribution in [0.25, 0.3) is 0 Å². The van der Waals surface area contributed by atoms with E-state index >= 15 is 0 Å². The second-order valence-electron chi connectivity index (χ2n) is 10.3. The van der Waals surface area contributed by atoms with Crippen molar-refractivity contribution in [3.05, 3.63) is 53.6 Å². The molecule has 0 aromatic heterocycles. The highest BCUT2D eigenvalue weighted by molar-refractivity contribution is 5.97. The highest BCUT2D eigenvalue weighted by Crippen LogP contribution is 2.36. The second kappa shape index (κ2) is 10.4. The van der Waals surface area contributed by atoms with Gasteiger partial charge in [0.15, 0.2) is 0 Å². The number of para-hydroxylation sites is 1. The molecule has 0 N–H and O–H groups in total. The third-order valence-electron chi connectivity index (χ3n) is 8.07.